The summed E-state index contributed by atoms with van der Waals surface area (Å²) < 4.78 is 6.25. The van der Waals surface area contributed by atoms with E-state index in [2.05, 4.69) is 22.6 Å². The fourth-order valence-electron chi connectivity index (χ4n) is 1.88. The maximum atomic E-state index is 12.2. The lowest BCUT2D eigenvalue weighted by molar-refractivity contribution is 0.0246. The molecule has 1 aliphatic rings. The Kier molecular flexibility index (Phi) is 8.05. The second-order valence-corrected chi connectivity index (χ2v) is 7.96. The standard InChI is InChI=1S/C14H18INO3S.2CH4/c1-14(2,3)19-13(18)16-4-5-20-12-7-10(15)11(17)6-9(12)8-16;;/h6-7,17H,4-5,8H2,1-3H3;2*1H4. The van der Waals surface area contributed by atoms with E-state index in [0.717, 1.165) is 19.8 Å². The predicted molar refractivity (Wildman–Crippen MR) is 102 cm³/mol. The van der Waals surface area contributed by atoms with Gasteiger partial charge in [0, 0.05) is 17.2 Å². The van der Waals surface area contributed by atoms with Crippen molar-refractivity contribution in [1.82, 2.24) is 4.90 Å². The smallest absolute Gasteiger partial charge is 0.410 e. The first-order chi connectivity index (χ1) is 9.26. The zero-order valence-electron chi connectivity index (χ0n) is 11.8. The molecule has 0 aliphatic carbocycles. The summed E-state index contributed by atoms with van der Waals surface area (Å²) in [4.78, 5) is 15.0. The molecule has 0 bridgehead atoms. The van der Waals surface area contributed by atoms with Crippen molar-refractivity contribution in [3.63, 3.8) is 0 Å². The normalized spacial score (nSPS) is 14.1. The highest BCUT2D eigenvalue weighted by Crippen LogP contribution is 2.33. The Morgan fingerprint density at radius 1 is 1.36 bits per heavy atom. The number of rotatable bonds is 0. The highest BCUT2D eigenvalue weighted by molar-refractivity contribution is 14.1. The van der Waals surface area contributed by atoms with Gasteiger partial charge in [-0.2, -0.15) is 0 Å². The van der Waals surface area contributed by atoms with E-state index in [1.54, 1.807) is 22.7 Å². The first kappa shape index (κ1) is 21.4. The van der Waals surface area contributed by atoms with Gasteiger partial charge in [-0.1, -0.05) is 14.9 Å². The van der Waals surface area contributed by atoms with Crippen LogP contribution >= 0.6 is 34.4 Å². The number of thioether (sulfide) groups is 1. The number of aromatic hydroxyl groups is 1. The van der Waals surface area contributed by atoms with Crippen molar-refractivity contribution in [3.05, 3.63) is 21.3 Å². The van der Waals surface area contributed by atoms with Gasteiger partial charge in [0.05, 0.1) is 10.1 Å². The number of phenols is 1. The number of ether oxygens (including phenoxy) is 1. The topological polar surface area (TPSA) is 49.8 Å². The Morgan fingerprint density at radius 3 is 2.59 bits per heavy atom. The first-order valence-electron chi connectivity index (χ1n) is 6.38. The number of hydrogen-bond acceptors (Lipinski definition) is 4. The summed E-state index contributed by atoms with van der Waals surface area (Å²) in [6.45, 7) is 6.70. The third kappa shape index (κ3) is 5.53. The van der Waals surface area contributed by atoms with Gasteiger partial charge in [0.25, 0.3) is 0 Å². The monoisotopic (exact) mass is 439 g/mol. The van der Waals surface area contributed by atoms with Gasteiger partial charge in [-0.05, 0) is 61.1 Å². The van der Waals surface area contributed by atoms with Gasteiger partial charge in [-0.15, -0.1) is 11.8 Å². The Labute approximate surface area is 151 Å². The Hall–Kier alpha value is -0.630. The summed E-state index contributed by atoms with van der Waals surface area (Å²) in [7, 11) is 0. The second kappa shape index (κ2) is 8.29. The molecule has 126 valence electrons. The number of phenolic OH excluding ortho intramolecular Hbond substituents is 1. The number of nitrogens with zero attached hydrogens (tertiary/aromatic N) is 1. The van der Waals surface area contributed by atoms with E-state index in [0.29, 0.717) is 13.1 Å². The van der Waals surface area contributed by atoms with Crippen molar-refractivity contribution in [2.24, 2.45) is 0 Å². The van der Waals surface area contributed by atoms with E-state index in [-0.39, 0.29) is 26.7 Å². The summed E-state index contributed by atoms with van der Waals surface area (Å²) in [6.07, 6.45) is -0.302. The van der Waals surface area contributed by atoms with Crippen LogP contribution in [0.4, 0.5) is 4.79 Å². The number of benzene rings is 1. The molecule has 1 amide bonds. The molecular formula is C16H26INO3S. The first-order valence-corrected chi connectivity index (χ1v) is 8.45. The molecule has 4 nitrogen and oxygen atoms in total. The van der Waals surface area contributed by atoms with Crippen LogP contribution in [0.5, 0.6) is 5.75 Å². The average Bonchev–Trinajstić information content (AvgIpc) is 2.50. The lowest BCUT2D eigenvalue weighted by atomic mass is 10.2. The summed E-state index contributed by atoms with van der Waals surface area (Å²) >= 11 is 3.82. The third-order valence-electron chi connectivity index (χ3n) is 2.76. The van der Waals surface area contributed by atoms with Crippen LogP contribution in [0.3, 0.4) is 0 Å². The third-order valence-corrected chi connectivity index (χ3v) is 4.70. The molecular weight excluding hydrogens is 413 g/mol. The van der Waals surface area contributed by atoms with Gasteiger partial charge in [-0.25, -0.2) is 4.79 Å². The fourth-order valence-corrected chi connectivity index (χ4v) is 3.60. The fraction of sp³-hybridized carbons (Fsp3) is 0.562. The summed E-state index contributed by atoms with van der Waals surface area (Å²) in [5, 5.41) is 9.83. The van der Waals surface area contributed by atoms with Gasteiger partial charge >= 0.3 is 6.09 Å². The predicted octanol–water partition coefficient (Wildman–Crippen LogP) is 5.11. The summed E-state index contributed by atoms with van der Waals surface area (Å²) in [5.74, 6) is 1.09. The lowest BCUT2D eigenvalue weighted by Crippen LogP contribution is -2.37. The molecule has 2 rings (SSSR count). The average molecular weight is 439 g/mol. The zero-order chi connectivity index (χ0) is 14.9. The van der Waals surface area contributed by atoms with E-state index < -0.39 is 5.60 Å². The molecule has 1 heterocycles. The number of carbonyl (C=O) groups excluding carboxylic acids is 1. The minimum Gasteiger partial charge on any atom is -0.507 e. The van der Waals surface area contributed by atoms with Gasteiger partial charge in [0.1, 0.15) is 11.4 Å². The Bertz CT molecular complexity index is 529. The van der Waals surface area contributed by atoms with Crippen LogP contribution in [-0.4, -0.2) is 34.0 Å². The van der Waals surface area contributed by atoms with E-state index in [1.807, 2.05) is 26.8 Å². The van der Waals surface area contributed by atoms with Crippen LogP contribution in [-0.2, 0) is 11.3 Å². The van der Waals surface area contributed by atoms with Crippen LogP contribution in [0.1, 0.15) is 41.2 Å². The van der Waals surface area contributed by atoms with Gasteiger partial charge in [-0.3, -0.25) is 0 Å². The molecule has 0 saturated heterocycles. The maximum Gasteiger partial charge on any atom is 0.410 e. The summed E-state index contributed by atoms with van der Waals surface area (Å²) in [5.41, 5.74) is 0.476. The number of carbonyl (C=O) groups is 1. The van der Waals surface area contributed by atoms with Gasteiger partial charge in [0.15, 0.2) is 0 Å². The highest BCUT2D eigenvalue weighted by Gasteiger charge is 2.25. The van der Waals surface area contributed by atoms with E-state index in [9.17, 15) is 9.90 Å². The maximum absolute atomic E-state index is 12.2. The molecule has 1 aromatic rings. The summed E-state index contributed by atoms with van der Waals surface area (Å²) in [6, 6.07) is 3.71. The molecule has 0 fully saturated rings. The number of hydrogen-bond donors (Lipinski definition) is 1. The molecule has 0 atom stereocenters. The molecule has 0 aromatic heterocycles. The van der Waals surface area contributed by atoms with Crippen molar-refractivity contribution < 1.29 is 14.6 Å². The van der Waals surface area contributed by atoms with Crippen molar-refractivity contribution in [2.45, 2.75) is 52.7 Å². The van der Waals surface area contributed by atoms with Crippen molar-refractivity contribution in [3.8, 4) is 5.75 Å². The van der Waals surface area contributed by atoms with E-state index in [1.165, 1.54) is 0 Å². The zero-order valence-corrected chi connectivity index (χ0v) is 14.7. The molecule has 6 heteroatoms. The van der Waals surface area contributed by atoms with E-state index >= 15 is 0 Å². The van der Waals surface area contributed by atoms with Crippen LogP contribution in [0.25, 0.3) is 0 Å². The van der Waals surface area contributed by atoms with Crippen LogP contribution in [0.2, 0.25) is 0 Å². The molecule has 0 saturated carbocycles. The largest absolute Gasteiger partial charge is 0.507 e. The Morgan fingerprint density at radius 2 is 2.00 bits per heavy atom. The lowest BCUT2D eigenvalue weighted by Gasteiger charge is -2.26. The van der Waals surface area contributed by atoms with Crippen LogP contribution in [0, 0.1) is 3.57 Å². The number of halogens is 1. The Balaban J connectivity index is 0.00000220. The number of amides is 1. The van der Waals surface area contributed by atoms with Crippen molar-refractivity contribution in [1.29, 1.82) is 0 Å². The highest BCUT2D eigenvalue weighted by atomic mass is 127. The van der Waals surface area contributed by atoms with E-state index in [4.69, 9.17) is 4.74 Å². The minimum atomic E-state index is -0.492. The molecule has 0 unspecified atom stereocenters. The SMILES string of the molecule is C.C.CC(C)(C)OC(=O)N1CCSc2cc(I)c(O)cc2C1. The van der Waals surface area contributed by atoms with Gasteiger partial charge < -0.3 is 14.7 Å². The molecule has 1 aliphatic heterocycles. The minimum absolute atomic E-state index is 0. The van der Waals surface area contributed by atoms with Crippen LogP contribution < -0.4 is 0 Å². The quantitative estimate of drug-likeness (QED) is 0.571. The van der Waals surface area contributed by atoms with Crippen molar-refractivity contribution in [2.75, 3.05) is 12.3 Å². The van der Waals surface area contributed by atoms with Crippen LogP contribution in [0.15, 0.2) is 17.0 Å². The van der Waals surface area contributed by atoms with Crippen molar-refractivity contribution >= 4 is 40.4 Å². The molecule has 0 spiro atoms. The molecule has 22 heavy (non-hydrogen) atoms. The molecule has 1 aromatic carbocycles. The number of fused-ring (bicyclic) bond motifs is 1. The second-order valence-electron chi connectivity index (χ2n) is 5.66. The molecule has 0 radical (unpaired) electrons. The molecule has 1 N–H and O–H groups in total. The van der Waals surface area contributed by atoms with Gasteiger partial charge in [0.2, 0.25) is 0 Å².